The van der Waals surface area contributed by atoms with Gasteiger partial charge in [-0.2, -0.15) is 5.10 Å². The average molecular weight is 319 g/mol. The second kappa shape index (κ2) is 6.00. The maximum Gasteiger partial charge on any atom is 0.271 e. The van der Waals surface area contributed by atoms with Crippen molar-refractivity contribution in [3.8, 4) is 11.5 Å². The molecule has 0 atom stereocenters. The van der Waals surface area contributed by atoms with Gasteiger partial charge in [-0.25, -0.2) is 5.43 Å². The topological polar surface area (TPSA) is 72.8 Å². The van der Waals surface area contributed by atoms with Crippen LogP contribution in [-0.4, -0.2) is 23.9 Å². The molecule has 118 valence electrons. The zero-order chi connectivity index (χ0) is 16.4. The zero-order valence-electron chi connectivity index (χ0n) is 12.6. The Balaban J connectivity index is 1.51. The molecule has 1 N–H and O–H groups in total. The van der Waals surface area contributed by atoms with Crippen LogP contribution in [0.25, 0.3) is 10.9 Å². The van der Waals surface area contributed by atoms with E-state index < -0.39 is 0 Å². The predicted molar refractivity (Wildman–Crippen MR) is 89.4 cm³/mol. The molecular weight excluding hydrogens is 306 g/mol. The highest BCUT2D eigenvalue weighted by Crippen LogP contribution is 2.32. The number of nitrogens with one attached hydrogen (secondary N) is 1. The molecule has 6 heteroatoms. The quantitative estimate of drug-likeness (QED) is 0.595. The highest BCUT2D eigenvalue weighted by molar-refractivity contribution is 5.99. The fourth-order valence-electron chi connectivity index (χ4n) is 2.49. The molecule has 1 aromatic heterocycles. The number of hydrogen-bond acceptors (Lipinski definition) is 5. The van der Waals surface area contributed by atoms with E-state index in [1.54, 1.807) is 30.6 Å². The second-order valence-electron chi connectivity index (χ2n) is 5.19. The molecule has 1 aliphatic heterocycles. The molecule has 0 saturated heterocycles. The van der Waals surface area contributed by atoms with Crippen LogP contribution in [0.15, 0.2) is 59.8 Å². The minimum Gasteiger partial charge on any atom is -0.454 e. The number of amides is 1. The highest BCUT2D eigenvalue weighted by atomic mass is 16.7. The summed E-state index contributed by atoms with van der Waals surface area (Å²) in [6.07, 6.45) is 3.31. The summed E-state index contributed by atoms with van der Waals surface area (Å²) >= 11 is 0. The van der Waals surface area contributed by atoms with Gasteiger partial charge in [-0.3, -0.25) is 9.78 Å². The third-order valence-corrected chi connectivity index (χ3v) is 3.67. The van der Waals surface area contributed by atoms with E-state index in [0.717, 1.165) is 16.5 Å². The molecule has 0 radical (unpaired) electrons. The van der Waals surface area contributed by atoms with Gasteiger partial charge in [0.05, 0.1) is 11.7 Å². The number of benzene rings is 2. The maximum atomic E-state index is 12.2. The van der Waals surface area contributed by atoms with Gasteiger partial charge >= 0.3 is 0 Å². The van der Waals surface area contributed by atoms with Crippen molar-refractivity contribution >= 4 is 23.0 Å². The molecule has 2 heterocycles. The fourth-order valence-corrected chi connectivity index (χ4v) is 2.49. The standard InChI is InChI=1S/C18H13N3O3/c22-18(13-6-7-15-16(9-13)24-11-23-15)21-20-10-14-4-1-3-12-5-2-8-19-17(12)14/h1-10H,11H2,(H,21,22). The smallest absolute Gasteiger partial charge is 0.271 e. The van der Waals surface area contributed by atoms with E-state index in [1.165, 1.54) is 0 Å². The number of hydrogen-bond donors (Lipinski definition) is 1. The maximum absolute atomic E-state index is 12.2. The van der Waals surface area contributed by atoms with Crippen molar-refractivity contribution in [3.63, 3.8) is 0 Å². The van der Waals surface area contributed by atoms with Crippen LogP contribution in [0.1, 0.15) is 15.9 Å². The lowest BCUT2D eigenvalue weighted by molar-refractivity contribution is 0.0954. The third-order valence-electron chi connectivity index (χ3n) is 3.67. The number of nitrogens with zero attached hydrogens (tertiary/aromatic N) is 2. The lowest BCUT2D eigenvalue weighted by atomic mass is 10.1. The molecule has 4 rings (SSSR count). The molecular formula is C18H13N3O3. The first-order valence-electron chi connectivity index (χ1n) is 7.38. The SMILES string of the molecule is O=C(NN=Cc1cccc2cccnc12)c1ccc2c(c1)OCO2. The Bertz CT molecular complexity index is 948. The van der Waals surface area contributed by atoms with Gasteiger partial charge in [-0.05, 0) is 24.3 Å². The lowest BCUT2D eigenvalue weighted by Crippen LogP contribution is -2.17. The number of aromatic nitrogens is 1. The Morgan fingerprint density at radius 1 is 1.12 bits per heavy atom. The molecule has 3 aromatic rings. The van der Waals surface area contributed by atoms with Crippen LogP contribution in [0.4, 0.5) is 0 Å². The first-order valence-corrected chi connectivity index (χ1v) is 7.38. The summed E-state index contributed by atoms with van der Waals surface area (Å²) in [5.41, 5.74) is 4.63. The van der Waals surface area contributed by atoms with E-state index in [2.05, 4.69) is 15.5 Å². The first-order chi connectivity index (χ1) is 11.8. The van der Waals surface area contributed by atoms with Gasteiger partial charge in [0.1, 0.15) is 0 Å². The molecule has 2 aromatic carbocycles. The molecule has 24 heavy (non-hydrogen) atoms. The van der Waals surface area contributed by atoms with Crippen molar-refractivity contribution < 1.29 is 14.3 Å². The average Bonchev–Trinajstić information content (AvgIpc) is 3.09. The highest BCUT2D eigenvalue weighted by Gasteiger charge is 2.15. The Labute approximate surface area is 137 Å². The number of fused-ring (bicyclic) bond motifs is 2. The van der Waals surface area contributed by atoms with Crippen molar-refractivity contribution in [2.45, 2.75) is 0 Å². The van der Waals surface area contributed by atoms with Crippen molar-refractivity contribution in [1.29, 1.82) is 0 Å². The molecule has 1 aliphatic rings. The van der Waals surface area contributed by atoms with Crippen LogP contribution >= 0.6 is 0 Å². The van der Waals surface area contributed by atoms with E-state index in [9.17, 15) is 4.79 Å². The van der Waals surface area contributed by atoms with Gasteiger partial charge in [-0.15, -0.1) is 0 Å². The Kier molecular flexibility index (Phi) is 3.55. The van der Waals surface area contributed by atoms with E-state index >= 15 is 0 Å². The molecule has 0 saturated carbocycles. The minimum atomic E-state index is -0.322. The van der Waals surface area contributed by atoms with Gasteiger partial charge in [0, 0.05) is 22.7 Å². The fraction of sp³-hybridized carbons (Fsp3) is 0.0556. The number of hydrazone groups is 1. The molecule has 6 nitrogen and oxygen atoms in total. The Morgan fingerprint density at radius 3 is 2.96 bits per heavy atom. The molecule has 0 fully saturated rings. The summed E-state index contributed by atoms with van der Waals surface area (Å²) in [6, 6.07) is 14.6. The van der Waals surface area contributed by atoms with Gasteiger partial charge in [0.15, 0.2) is 11.5 Å². The second-order valence-corrected chi connectivity index (χ2v) is 5.19. The van der Waals surface area contributed by atoms with Crippen LogP contribution < -0.4 is 14.9 Å². The first kappa shape index (κ1) is 14.2. The number of rotatable bonds is 3. The lowest BCUT2D eigenvalue weighted by Gasteiger charge is -2.02. The number of carbonyl (C=O) groups is 1. The van der Waals surface area contributed by atoms with E-state index in [4.69, 9.17) is 9.47 Å². The van der Waals surface area contributed by atoms with Crippen LogP contribution in [0.3, 0.4) is 0 Å². The molecule has 0 aliphatic carbocycles. The van der Waals surface area contributed by atoms with Gasteiger partial charge in [-0.1, -0.05) is 24.3 Å². The van der Waals surface area contributed by atoms with E-state index in [-0.39, 0.29) is 12.7 Å². The number of carbonyl (C=O) groups excluding carboxylic acids is 1. The molecule has 0 unspecified atom stereocenters. The summed E-state index contributed by atoms with van der Waals surface area (Å²) in [5, 5.41) is 5.04. The van der Waals surface area contributed by atoms with Crippen LogP contribution in [0.5, 0.6) is 11.5 Å². The summed E-state index contributed by atoms with van der Waals surface area (Å²) < 4.78 is 10.5. The van der Waals surface area contributed by atoms with Gasteiger partial charge in [0.2, 0.25) is 6.79 Å². The monoisotopic (exact) mass is 319 g/mol. The Hall–Kier alpha value is -3.41. The van der Waals surface area contributed by atoms with Crippen molar-refractivity contribution in [2.24, 2.45) is 5.10 Å². The summed E-state index contributed by atoms with van der Waals surface area (Å²) in [5.74, 6) is 0.875. The van der Waals surface area contributed by atoms with Crippen LogP contribution in [0.2, 0.25) is 0 Å². The Morgan fingerprint density at radius 2 is 2.00 bits per heavy atom. The molecule has 0 bridgehead atoms. The van der Waals surface area contributed by atoms with Crippen molar-refractivity contribution in [3.05, 3.63) is 65.9 Å². The molecule has 0 spiro atoms. The number of pyridine rings is 1. The number of para-hydroxylation sites is 1. The van der Waals surface area contributed by atoms with E-state index in [1.807, 2.05) is 30.3 Å². The summed E-state index contributed by atoms with van der Waals surface area (Å²) in [4.78, 5) is 16.5. The minimum absolute atomic E-state index is 0.173. The number of ether oxygens (including phenoxy) is 2. The normalized spacial score (nSPS) is 12.7. The van der Waals surface area contributed by atoms with Gasteiger partial charge in [0.25, 0.3) is 5.91 Å². The predicted octanol–water partition coefficient (Wildman–Crippen LogP) is 2.73. The largest absolute Gasteiger partial charge is 0.454 e. The van der Waals surface area contributed by atoms with Crippen molar-refractivity contribution in [2.75, 3.05) is 6.79 Å². The molecule has 1 amide bonds. The zero-order valence-corrected chi connectivity index (χ0v) is 12.6. The van der Waals surface area contributed by atoms with Crippen molar-refractivity contribution in [1.82, 2.24) is 10.4 Å². The summed E-state index contributed by atoms with van der Waals surface area (Å²) in [6.45, 7) is 0.173. The summed E-state index contributed by atoms with van der Waals surface area (Å²) in [7, 11) is 0. The van der Waals surface area contributed by atoms with Crippen LogP contribution in [-0.2, 0) is 0 Å². The third kappa shape index (κ3) is 2.65. The van der Waals surface area contributed by atoms with Gasteiger partial charge < -0.3 is 9.47 Å². The van der Waals surface area contributed by atoms with Crippen LogP contribution in [0, 0.1) is 0 Å². The van der Waals surface area contributed by atoms with E-state index in [0.29, 0.717) is 17.1 Å².